The fourth-order valence-corrected chi connectivity index (χ4v) is 2.09. The molecule has 0 radical (unpaired) electrons. The molecule has 1 saturated heterocycles. The Morgan fingerprint density at radius 1 is 1.47 bits per heavy atom. The maximum atomic E-state index is 12.2. The summed E-state index contributed by atoms with van der Waals surface area (Å²) in [5, 5.41) is 12.2. The van der Waals surface area contributed by atoms with Gasteiger partial charge in [0, 0.05) is 30.8 Å². The van der Waals surface area contributed by atoms with Crippen molar-refractivity contribution in [2.45, 2.75) is 25.9 Å². The van der Waals surface area contributed by atoms with E-state index in [1.54, 1.807) is 36.1 Å². The number of aliphatic hydroxyl groups is 1. The molecule has 1 aliphatic rings. The number of β-amino-alcohol motifs (C(OH)–C–C–N with tert-alkyl or cyclic N) is 1. The first-order chi connectivity index (χ1) is 9.10. The predicted molar refractivity (Wildman–Crippen MR) is 71.9 cm³/mol. The molecule has 5 heteroatoms. The van der Waals surface area contributed by atoms with Crippen molar-refractivity contribution in [2.24, 2.45) is 0 Å². The number of nitrogens with one attached hydrogen (secondary N) is 1. The summed E-state index contributed by atoms with van der Waals surface area (Å²) < 4.78 is 0. The maximum absolute atomic E-state index is 12.2. The predicted octanol–water partition coefficient (Wildman–Crippen LogP) is 1.24. The second-order valence-electron chi connectivity index (χ2n) is 4.68. The summed E-state index contributed by atoms with van der Waals surface area (Å²) in [4.78, 5) is 25.2. The first-order valence-electron chi connectivity index (χ1n) is 6.47. The maximum Gasteiger partial charge on any atom is 0.254 e. The Labute approximate surface area is 112 Å². The van der Waals surface area contributed by atoms with Gasteiger partial charge in [-0.25, -0.2) is 0 Å². The van der Waals surface area contributed by atoms with E-state index in [1.165, 1.54) is 0 Å². The van der Waals surface area contributed by atoms with Crippen LogP contribution < -0.4 is 5.32 Å². The first kappa shape index (κ1) is 13.5. The molecule has 19 heavy (non-hydrogen) atoms. The lowest BCUT2D eigenvalue weighted by Crippen LogP contribution is -2.29. The summed E-state index contributed by atoms with van der Waals surface area (Å²) in [6.07, 6.45) is 0.598. The third-order valence-corrected chi connectivity index (χ3v) is 3.16. The molecule has 0 spiro atoms. The van der Waals surface area contributed by atoms with Crippen LogP contribution in [0.5, 0.6) is 0 Å². The van der Waals surface area contributed by atoms with Crippen LogP contribution in [0.4, 0.5) is 5.69 Å². The lowest BCUT2D eigenvalue weighted by molar-refractivity contribution is -0.115. The van der Waals surface area contributed by atoms with Gasteiger partial charge < -0.3 is 15.3 Å². The van der Waals surface area contributed by atoms with E-state index >= 15 is 0 Å². The molecule has 1 aromatic rings. The van der Waals surface area contributed by atoms with E-state index in [-0.39, 0.29) is 11.8 Å². The largest absolute Gasteiger partial charge is 0.391 e. The number of amides is 2. The van der Waals surface area contributed by atoms with Crippen molar-refractivity contribution >= 4 is 17.5 Å². The Hall–Kier alpha value is -1.88. The Bertz CT molecular complexity index is 487. The first-order valence-corrected chi connectivity index (χ1v) is 6.47. The normalized spacial score (nSPS) is 18.4. The second kappa shape index (κ2) is 5.84. The molecule has 2 N–H and O–H groups in total. The average molecular weight is 262 g/mol. The van der Waals surface area contributed by atoms with Gasteiger partial charge in [-0.3, -0.25) is 9.59 Å². The molecule has 102 valence electrons. The van der Waals surface area contributed by atoms with Gasteiger partial charge in [-0.2, -0.15) is 0 Å². The molecule has 2 amide bonds. The van der Waals surface area contributed by atoms with E-state index in [0.29, 0.717) is 37.2 Å². The quantitative estimate of drug-likeness (QED) is 0.861. The van der Waals surface area contributed by atoms with Gasteiger partial charge in [0.25, 0.3) is 5.91 Å². The lowest BCUT2D eigenvalue weighted by atomic mass is 10.1. The number of rotatable bonds is 3. The van der Waals surface area contributed by atoms with Crippen molar-refractivity contribution in [1.29, 1.82) is 0 Å². The molecular formula is C14H18N2O3. The highest BCUT2D eigenvalue weighted by Crippen LogP contribution is 2.16. The van der Waals surface area contributed by atoms with Gasteiger partial charge in [0.2, 0.25) is 5.91 Å². The minimum absolute atomic E-state index is 0.0822. The van der Waals surface area contributed by atoms with Crippen LogP contribution in [-0.4, -0.2) is 41.0 Å². The van der Waals surface area contributed by atoms with Gasteiger partial charge in [0.05, 0.1) is 6.10 Å². The molecule has 1 fully saturated rings. The third-order valence-electron chi connectivity index (χ3n) is 3.16. The van der Waals surface area contributed by atoms with E-state index in [0.717, 1.165) is 0 Å². The monoisotopic (exact) mass is 262 g/mol. The van der Waals surface area contributed by atoms with Crippen LogP contribution in [0.15, 0.2) is 24.3 Å². The van der Waals surface area contributed by atoms with E-state index in [2.05, 4.69) is 5.32 Å². The minimum Gasteiger partial charge on any atom is -0.391 e. The average Bonchev–Trinajstić information content (AvgIpc) is 2.84. The molecular weight excluding hydrogens is 244 g/mol. The molecule has 5 nitrogen and oxygen atoms in total. The number of hydrogen-bond acceptors (Lipinski definition) is 3. The standard InChI is InChI=1S/C14H18N2O3/c1-2-13(18)15-11-5-3-4-10(8-11)14(19)16-7-6-12(17)9-16/h3-5,8,12,17H,2,6-7,9H2,1H3,(H,15,18)/t12-/m1/s1. The molecule has 1 atom stereocenters. The van der Waals surface area contributed by atoms with Gasteiger partial charge in [-0.05, 0) is 24.6 Å². The number of likely N-dealkylation sites (tertiary alicyclic amines) is 1. The van der Waals surface area contributed by atoms with Crippen molar-refractivity contribution < 1.29 is 14.7 Å². The summed E-state index contributed by atoms with van der Waals surface area (Å²) in [6, 6.07) is 6.88. The summed E-state index contributed by atoms with van der Waals surface area (Å²) in [6.45, 7) is 2.73. The number of anilines is 1. The number of carbonyl (C=O) groups excluding carboxylic acids is 2. The second-order valence-corrected chi connectivity index (χ2v) is 4.68. The SMILES string of the molecule is CCC(=O)Nc1cccc(C(=O)N2CC[C@@H](O)C2)c1. The van der Waals surface area contributed by atoms with Crippen LogP contribution in [-0.2, 0) is 4.79 Å². The third kappa shape index (κ3) is 3.32. The van der Waals surface area contributed by atoms with Crippen LogP contribution in [0.3, 0.4) is 0 Å². The molecule has 0 bridgehead atoms. The molecule has 1 aromatic carbocycles. The summed E-state index contributed by atoms with van der Waals surface area (Å²) in [5.41, 5.74) is 1.15. The smallest absolute Gasteiger partial charge is 0.254 e. The Kier molecular flexibility index (Phi) is 4.16. The van der Waals surface area contributed by atoms with Gasteiger partial charge in [0.1, 0.15) is 0 Å². The topological polar surface area (TPSA) is 69.6 Å². The number of benzene rings is 1. The fourth-order valence-electron chi connectivity index (χ4n) is 2.09. The molecule has 1 aliphatic heterocycles. The van der Waals surface area contributed by atoms with Crippen LogP contribution in [0, 0.1) is 0 Å². The van der Waals surface area contributed by atoms with Crippen LogP contribution in [0.2, 0.25) is 0 Å². The molecule has 0 aliphatic carbocycles. The van der Waals surface area contributed by atoms with Gasteiger partial charge in [-0.15, -0.1) is 0 Å². The minimum atomic E-state index is -0.424. The Balaban J connectivity index is 2.10. The zero-order valence-corrected chi connectivity index (χ0v) is 10.9. The molecule has 2 rings (SSSR count). The zero-order chi connectivity index (χ0) is 13.8. The fraction of sp³-hybridized carbons (Fsp3) is 0.429. The van der Waals surface area contributed by atoms with Crippen molar-refractivity contribution in [3.63, 3.8) is 0 Å². The van der Waals surface area contributed by atoms with Gasteiger partial charge >= 0.3 is 0 Å². The van der Waals surface area contributed by atoms with Gasteiger partial charge in [-0.1, -0.05) is 13.0 Å². The van der Waals surface area contributed by atoms with Crippen molar-refractivity contribution in [3.05, 3.63) is 29.8 Å². The number of aliphatic hydroxyl groups excluding tert-OH is 1. The summed E-state index contributed by atoms with van der Waals surface area (Å²) in [5.74, 6) is -0.189. The molecule has 0 unspecified atom stereocenters. The van der Waals surface area contributed by atoms with E-state index < -0.39 is 6.10 Å². The number of nitrogens with zero attached hydrogens (tertiary/aromatic N) is 1. The van der Waals surface area contributed by atoms with Crippen molar-refractivity contribution in [3.8, 4) is 0 Å². The molecule has 1 heterocycles. The Morgan fingerprint density at radius 3 is 2.89 bits per heavy atom. The van der Waals surface area contributed by atoms with Crippen molar-refractivity contribution in [1.82, 2.24) is 4.90 Å². The molecule has 0 aromatic heterocycles. The highest BCUT2D eigenvalue weighted by Gasteiger charge is 2.25. The zero-order valence-electron chi connectivity index (χ0n) is 10.9. The summed E-state index contributed by atoms with van der Waals surface area (Å²) >= 11 is 0. The summed E-state index contributed by atoms with van der Waals surface area (Å²) in [7, 11) is 0. The van der Waals surface area contributed by atoms with E-state index in [1.807, 2.05) is 0 Å². The molecule has 0 saturated carbocycles. The number of hydrogen-bond donors (Lipinski definition) is 2. The van der Waals surface area contributed by atoms with E-state index in [4.69, 9.17) is 0 Å². The van der Waals surface area contributed by atoms with Gasteiger partial charge in [0.15, 0.2) is 0 Å². The van der Waals surface area contributed by atoms with Crippen LogP contribution in [0.25, 0.3) is 0 Å². The number of carbonyl (C=O) groups is 2. The van der Waals surface area contributed by atoms with Crippen LogP contribution >= 0.6 is 0 Å². The lowest BCUT2D eigenvalue weighted by Gasteiger charge is -2.16. The Morgan fingerprint density at radius 2 is 2.26 bits per heavy atom. The van der Waals surface area contributed by atoms with Crippen LogP contribution in [0.1, 0.15) is 30.1 Å². The van der Waals surface area contributed by atoms with Crippen molar-refractivity contribution in [2.75, 3.05) is 18.4 Å². The van der Waals surface area contributed by atoms with E-state index in [9.17, 15) is 14.7 Å². The highest BCUT2D eigenvalue weighted by atomic mass is 16.3. The highest BCUT2D eigenvalue weighted by molar-refractivity contribution is 5.97.